The second-order valence-electron chi connectivity index (χ2n) is 7.34. The number of amides is 1. The van der Waals surface area contributed by atoms with Crippen LogP contribution in [0.2, 0.25) is 0 Å². The lowest BCUT2D eigenvalue weighted by Gasteiger charge is -2.38. The summed E-state index contributed by atoms with van der Waals surface area (Å²) in [6.07, 6.45) is -2.92. The molecule has 1 N–H and O–H groups in total. The van der Waals surface area contributed by atoms with Gasteiger partial charge in [0, 0.05) is 28.6 Å². The fourth-order valence-electron chi connectivity index (χ4n) is 3.59. The molecule has 4 rings (SSSR count). The van der Waals surface area contributed by atoms with Gasteiger partial charge in [0.25, 0.3) is 0 Å². The molecule has 150 valence electrons. The predicted octanol–water partition coefficient (Wildman–Crippen LogP) is 6.06. The van der Waals surface area contributed by atoms with E-state index in [1.807, 2.05) is 0 Å². The van der Waals surface area contributed by atoms with Gasteiger partial charge in [-0.1, -0.05) is 32.0 Å². The first-order chi connectivity index (χ1) is 13.7. The zero-order valence-corrected chi connectivity index (χ0v) is 16.4. The van der Waals surface area contributed by atoms with E-state index in [1.54, 1.807) is 49.7 Å². The topological polar surface area (TPSA) is 51.2 Å². The summed E-state index contributed by atoms with van der Waals surface area (Å²) in [6, 6.07) is 10.5. The second-order valence-corrected chi connectivity index (χ2v) is 8.23. The monoisotopic (exact) mass is 418 g/mol. The van der Waals surface area contributed by atoms with Crippen molar-refractivity contribution >= 4 is 22.4 Å². The molecule has 0 aliphatic carbocycles. The highest BCUT2D eigenvalue weighted by Gasteiger charge is 2.44. The molecule has 3 aromatic rings. The molecule has 29 heavy (non-hydrogen) atoms. The summed E-state index contributed by atoms with van der Waals surface area (Å²) in [6.45, 7) is 3.43. The van der Waals surface area contributed by atoms with E-state index >= 15 is 0 Å². The average Bonchev–Trinajstić information content (AvgIpc) is 3.17. The number of halogens is 3. The van der Waals surface area contributed by atoms with Crippen molar-refractivity contribution in [2.45, 2.75) is 25.9 Å². The Morgan fingerprint density at radius 2 is 1.83 bits per heavy atom. The fourth-order valence-corrected chi connectivity index (χ4v) is 4.12. The molecule has 1 aromatic heterocycles. The number of carbonyl (C=O) groups excluding carboxylic acids is 1. The Morgan fingerprint density at radius 3 is 2.52 bits per heavy atom. The Morgan fingerprint density at radius 1 is 1.10 bits per heavy atom. The summed E-state index contributed by atoms with van der Waals surface area (Å²) in [4.78, 5) is 17.2. The van der Waals surface area contributed by atoms with Crippen molar-refractivity contribution in [1.82, 2.24) is 4.98 Å². The molecule has 0 fully saturated rings. The molecular formula is C21H17F3N2O2S. The zero-order valence-electron chi connectivity index (χ0n) is 15.6. The predicted molar refractivity (Wildman–Crippen MR) is 104 cm³/mol. The molecule has 4 nitrogen and oxygen atoms in total. The third kappa shape index (κ3) is 3.48. The van der Waals surface area contributed by atoms with Gasteiger partial charge in [-0.15, -0.1) is 11.3 Å². The normalized spacial score (nSPS) is 15.8. The third-order valence-electron chi connectivity index (χ3n) is 5.06. The van der Waals surface area contributed by atoms with Crippen molar-refractivity contribution < 1.29 is 22.7 Å². The lowest BCUT2D eigenvalue weighted by molar-refractivity contribution is -0.137. The van der Waals surface area contributed by atoms with Crippen LogP contribution in [0.25, 0.3) is 0 Å². The fraction of sp³-hybridized carbons (Fsp3) is 0.238. The minimum Gasteiger partial charge on any atom is -0.457 e. The summed E-state index contributed by atoms with van der Waals surface area (Å²) in [5, 5.41) is 4.94. The smallest absolute Gasteiger partial charge is 0.416 e. The van der Waals surface area contributed by atoms with Crippen LogP contribution >= 0.6 is 11.3 Å². The van der Waals surface area contributed by atoms with Gasteiger partial charge in [0.1, 0.15) is 11.5 Å². The highest BCUT2D eigenvalue weighted by Crippen LogP contribution is 2.53. The van der Waals surface area contributed by atoms with Gasteiger partial charge in [-0.3, -0.25) is 4.79 Å². The number of nitrogens with zero attached hydrogens (tertiary/aromatic N) is 1. The highest BCUT2D eigenvalue weighted by molar-refractivity contribution is 7.13. The van der Waals surface area contributed by atoms with Crippen LogP contribution in [0, 0.1) is 5.41 Å². The third-order valence-corrected chi connectivity index (χ3v) is 5.75. The van der Waals surface area contributed by atoms with Crippen LogP contribution in [0.4, 0.5) is 18.3 Å². The van der Waals surface area contributed by atoms with Crippen LogP contribution in [0.3, 0.4) is 0 Å². The number of para-hydroxylation sites is 1. The van der Waals surface area contributed by atoms with Crippen molar-refractivity contribution in [1.29, 1.82) is 0 Å². The number of fused-ring (bicyclic) bond motifs is 2. The lowest BCUT2D eigenvalue weighted by Crippen LogP contribution is -2.38. The number of aromatic nitrogens is 1. The van der Waals surface area contributed by atoms with Crippen molar-refractivity contribution in [3.63, 3.8) is 0 Å². The number of ether oxygens (including phenoxy) is 1. The van der Waals surface area contributed by atoms with E-state index in [2.05, 4.69) is 10.3 Å². The van der Waals surface area contributed by atoms with E-state index < -0.39 is 23.1 Å². The molecule has 1 aliphatic rings. The highest BCUT2D eigenvalue weighted by atomic mass is 32.1. The van der Waals surface area contributed by atoms with Crippen molar-refractivity contribution in [2.75, 3.05) is 5.32 Å². The molecule has 0 saturated heterocycles. The SMILES string of the molecule is CC(C)(C(=O)Nc1nccs1)C1c2ccccc2Oc2ccc(C(F)(F)F)cc21. The standard InChI is InChI=1S/C21H17F3N2O2S/c1-20(2,18(27)26-19-25-9-10-29-19)17-13-5-3-4-6-15(13)28-16-8-7-12(11-14(16)17)21(22,23)24/h3-11,17H,1-2H3,(H,25,26,27). The molecule has 1 unspecified atom stereocenters. The Balaban J connectivity index is 1.84. The zero-order chi connectivity index (χ0) is 20.8. The molecule has 0 radical (unpaired) electrons. The number of hydrogen-bond acceptors (Lipinski definition) is 4. The molecule has 1 atom stereocenters. The van der Waals surface area contributed by atoms with Crippen molar-refractivity contribution in [3.8, 4) is 11.5 Å². The van der Waals surface area contributed by atoms with E-state index in [4.69, 9.17) is 4.74 Å². The van der Waals surface area contributed by atoms with Crippen LogP contribution in [0.15, 0.2) is 54.0 Å². The van der Waals surface area contributed by atoms with E-state index in [0.717, 1.165) is 12.1 Å². The molecule has 0 bridgehead atoms. The lowest BCUT2D eigenvalue weighted by atomic mass is 9.69. The minimum absolute atomic E-state index is 0.317. The summed E-state index contributed by atoms with van der Waals surface area (Å²) >= 11 is 1.27. The number of hydrogen-bond donors (Lipinski definition) is 1. The number of anilines is 1. The summed E-state index contributed by atoms with van der Waals surface area (Å²) in [5.74, 6) is -0.126. The molecule has 1 amide bonds. The van der Waals surface area contributed by atoms with E-state index in [1.165, 1.54) is 17.4 Å². The summed E-state index contributed by atoms with van der Waals surface area (Å²) < 4.78 is 45.9. The first-order valence-electron chi connectivity index (χ1n) is 8.87. The Bertz CT molecular complexity index is 1060. The maximum absolute atomic E-state index is 13.4. The largest absolute Gasteiger partial charge is 0.457 e. The van der Waals surface area contributed by atoms with Gasteiger partial charge in [0.2, 0.25) is 5.91 Å². The number of thiazole rings is 1. The molecule has 0 spiro atoms. The van der Waals surface area contributed by atoms with Crippen LogP contribution in [0.5, 0.6) is 11.5 Å². The first kappa shape index (κ1) is 19.4. The van der Waals surface area contributed by atoms with Gasteiger partial charge in [0.05, 0.1) is 11.0 Å². The number of nitrogens with one attached hydrogen (secondary N) is 1. The van der Waals surface area contributed by atoms with E-state index in [9.17, 15) is 18.0 Å². The molecule has 2 heterocycles. The minimum atomic E-state index is -4.50. The van der Waals surface area contributed by atoms with Crippen LogP contribution in [0.1, 0.15) is 36.5 Å². The Labute approximate surface area is 169 Å². The molecule has 1 aliphatic heterocycles. The molecule has 0 saturated carbocycles. The van der Waals surface area contributed by atoms with Crippen LogP contribution in [-0.4, -0.2) is 10.9 Å². The Hall–Kier alpha value is -2.87. The number of rotatable bonds is 3. The van der Waals surface area contributed by atoms with Gasteiger partial charge in [-0.25, -0.2) is 4.98 Å². The Kier molecular flexibility index (Phi) is 4.61. The van der Waals surface area contributed by atoms with Crippen LogP contribution < -0.4 is 10.1 Å². The van der Waals surface area contributed by atoms with E-state index in [-0.39, 0.29) is 5.91 Å². The molecule has 8 heteroatoms. The van der Waals surface area contributed by atoms with Gasteiger partial charge >= 0.3 is 6.18 Å². The van der Waals surface area contributed by atoms with E-state index in [0.29, 0.717) is 27.8 Å². The van der Waals surface area contributed by atoms with Crippen molar-refractivity contribution in [3.05, 3.63) is 70.7 Å². The van der Waals surface area contributed by atoms with Crippen molar-refractivity contribution in [2.24, 2.45) is 5.41 Å². The number of alkyl halides is 3. The van der Waals surface area contributed by atoms with Gasteiger partial charge < -0.3 is 10.1 Å². The maximum Gasteiger partial charge on any atom is 0.416 e. The molecule has 2 aromatic carbocycles. The van der Waals surface area contributed by atoms with Crippen LogP contribution in [-0.2, 0) is 11.0 Å². The summed E-state index contributed by atoms with van der Waals surface area (Å²) in [7, 11) is 0. The molecular weight excluding hydrogens is 401 g/mol. The summed E-state index contributed by atoms with van der Waals surface area (Å²) in [5.41, 5.74) is -0.860. The quantitative estimate of drug-likeness (QED) is 0.562. The van der Waals surface area contributed by atoms with Gasteiger partial charge in [0.15, 0.2) is 5.13 Å². The van der Waals surface area contributed by atoms with Gasteiger partial charge in [-0.05, 0) is 24.3 Å². The maximum atomic E-state index is 13.4. The average molecular weight is 418 g/mol. The number of carbonyl (C=O) groups is 1. The first-order valence-corrected chi connectivity index (χ1v) is 9.75. The number of benzene rings is 2. The second kappa shape index (κ2) is 6.88. The van der Waals surface area contributed by atoms with Gasteiger partial charge in [-0.2, -0.15) is 13.2 Å².